The first-order valence-corrected chi connectivity index (χ1v) is 15.6. The Bertz CT molecular complexity index is 392. The van der Waals surface area contributed by atoms with Crippen LogP contribution in [0, 0.1) is 11.8 Å². The van der Waals surface area contributed by atoms with Gasteiger partial charge < -0.3 is 13.6 Å². The van der Waals surface area contributed by atoms with Crippen LogP contribution in [-0.4, -0.2) is 35.1 Å². The molecule has 0 aliphatic heterocycles. The minimum atomic E-state index is -1.94. The predicted molar refractivity (Wildman–Crippen MR) is 114 cm³/mol. The second-order valence-corrected chi connectivity index (χ2v) is 18.7. The zero-order chi connectivity index (χ0) is 20.1. The maximum atomic E-state index is 11.6. The van der Waals surface area contributed by atoms with Crippen molar-refractivity contribution in [2.24, 2.45) is 11.8 Å². The van der Waals surface area contributed by atoms with Crippen LogP contribution in [0.15, 0.2) is 0 Å². The molecule has 0 rings (SSSR count). The van der Waals surface area contributed by atoms with Crippen LogP contribution in [0.3, 0.4) is 0 Å². The Morgan fingerprint density at radius 1 is 0.920 bits per heavy atom. The zero-order valence-corrected chi connectivity index (χ0v) is 20.7. The second-order valence-electron chi connectivity index (χ2n) is 9.26. The topological polar surface area (TPSA) is 35.5 Å². The molecule has 0 spiro atoms. The van der Waals surface area contributed by atoms with Gasteiger partial charge in [-0.05, 0) is 43.2 Å². The first kappa shape index (κ1) is 25.0. The minimum Gasteiger partial charge on any atom is -0.414 e. The highest BCUT2D eigenvalue weighted by atomic mass is 28.4. The Morgan fingerprint density at radius 2 is 1.36 bits per heavy atom. The molecule has 0 bridgehead atoms. The van der Waals surface area contributed by atoms with Crippen molar-refractivity contribution in [2.75, 3.05) is 0 Å². The number of carbonyl (C=O) groups excluding carboxylic acids is 1. The smallest absolute Gasteiger partial charge is 0.192 e. The SMILES string of the molecule is CC[Si](CC)(CC)O[C@@H](C)[C@H](C)[C@H](O[Si](C)(C)C(C)(C)C)[C@@H](C)C=O. The minimum absolute atomic E-state index is 0.0781. The lowest BCUT2D eigenvalue weighted by atomic mass is 9.91. The third kappa shape index (κ3) is 6.60. The number of aldehydes is 1. The van der Waals surface area contributed by atoms with Crippen LogP contribution < -0.4 is 0 Å². The third-order valence-corrected chi connectivity index (χ3v) is 15.8. The summed E-state index contributed by atoms with van der Waals surface area (Å²) in [6, 6.07) is 3.44. The van der Waals surface area contributed by atoms with Gasteiger partial charge in [0, 0.05) is 17.9 Å². The lowest BCUT2D eigenvalue weighted by Gasteiger charge is -2.44. The largest absolute Gasteiger partial charge is 0.414 e. The molecule has 0 aromatic rings. The van der Waals surface area contributed by atoms with Crippen LogP contribution in [0.25, 0.3) is 0 Å². The van der Waals surface area contributed by atoms with Gasteiger partial charge in [-0.15, -0.1) is 0 Å². The molecule has 0 N–H and O–H groups in total. The summed E-state index contributed by atoms with van der Waals surface area (Å²) in [5, 5.41) is 0.131. The predicted octanol–water partition coefficient (Wildman–Crippen LogP) is 6.26. The lowest BCUT2D eigenvalue weighted by molar-refractivity contribution is -0.115. The first-order chi connectivity index (χ1) is 11.3. The molecule has 0 amide bonds. The summed E-state index contributed by atoms with van der Waals surface area (Å²) < 4.78 is 13.4. The van der Waals surface area contributed by atoms with Crippen LogP contribution in [0.2, 0.25) is 36.3 Å². The molecule has 0 aromatic carbocycles. The number of carbonyl (C=O) groups is 1. The van der Waals surface area contributed by atoms with E-state index in [9.17, 15) is 4.79 Å². The molecule has 0 heterocycles. The van der Waals surface area contributed by atoms with E-state index in [1.165, 1.54) is 0 Å². The van der Waals surface area contributed by atoms with Gasteiger partial charge in [0.15, 0.2) is 16.6 Å². The first-order valence-electron chi connectivity index (χ1n) is 10.1. The summed E-state index contributed by atoms with van der Waals surface area (Å²) in [4.78, 5) is 11.6. The molecule has 3 nitrogen and oxygen atoms in total. The Kier molecular flexibility index (Phi) is 9.82. The Morgan fingerprint density at radius 3 is 1.68 bits per heavy atom. The highest BCUT2D eigenvalue weighted by Crippen LogP contribution is 2.40. The van der Waals surface area contributed by atoms with E-state index in [-0.39, 0.29) is 29.1 Å². The van der Waals surface area contributed by atoms with E-state index >= 15 is 0 Å². The van der Waals surface area contributed by atoms with Crippen LogP contribution in [0.4, 0.5) is 0 Å². The standard InChI is InChI=1S/C20H44O3Si2/c1-12-25(13-2,14-3)22-18(6)17(5)19(16(4)15-21)23-24(10,11)20(7,8)9/h15-19H,12-14H2,1-11H3/t16-,17-,18-,19+/m0/s1. The molecule has 0 saturated carbocycles. The molecular formula is C20H44O3Si2. The van der Waals surface area contributed by atoms with Crippen molar-refractivity contribution in [1.29, 1.82) is 0 Å². The van der Waals surface area contributed by atoms with Crippen molar-refractivity contribution >= 4 is 22.9 Å². The van der Waals surface area contributed by atoms with Crippen molar-refractivity contribution in [3.63, 3.8) is 0 Å². The fraction of sp³-hybridized carbons (Fsp3) is 0.950. The third-order valence-electron chi connectivity index (χ3n) is 6.60. The summed E-state index contributed by atoms with van der Waals surface area (Å²) >= 11 is 0. The van der Waals surface area contributed by atoms with Crippen molar-refractivity contribution in [3.05, 3.63) is 0 Å². The quantitative estimate of drug-likeness (QED) is 0.309. The summed E-state index contributed by atoms with van der Waals surface area (Å²) in [6.45, 7) is 24.4. The molecule has 4 atom stereocenters. The van der Waals surface area contributed by atoms with E-state index in [0.717, 1.165) is 24.4 Å². The second kappa shape index (κ2) is 9.81. The molecule has 0 aromatic heterocycles. The average molecular weight is 389 g/mol. The Labute approximate surface area is 159 Å². The van der Waals surface area contributed by atoms with Gasteiger partial charge in [-0.2, -0.15) is 0 Å². The number of hydrogen-bond donors (Lipinski definition) is 0. The van der Waals surface area contributed by atoms with Gasteiger partial charge in [0.1, 0.15) is 6.29 Å². The van der Waals surface area contributed by atoms with Crippen molar-refractivity contribution in [2.45, 2.75) is 111 Å². The van der Waals surface area contributed by atoms with Gasteiger partial charge in [0.25, 0.3) is 0 Å². The summed E-state index contributed by atoms with van der Waals surface area (Å²) in [5.74, 6) is 0.0852. The van der Waals surface area contributed by atoms with Crippen LogP contribution in [0.1, 0.15) is 62.3 Å². The van der Waals surface area contributed by atoms with Crippen LogP contribution >= 0.6 is 0 Å². The van der Waals surface area contributed by atoms with Crippen molar-refractivity contribution in [1.82, 2.24) is 0 Å². The van der Waals surface area contributed by atoms with Gasteiger partial charge in [0.2, 0.25) is 0 Å². The molecule has 5 heteroatoms. The van der Waals surface area contributed by atoms with Crippen molar-refractivity contribution < 1.29 is 13.6 Å². The number of hydrogen-bond acceptors (Lipinski definition) is 3. The summed E-state index contributed by atoms with van der Waals surface area (Å²) in [6.07, 6.45) is 1.08. The average Bonchev–Trinajstić information content (AvgIpc) is 2.55. The summed E-state index contributed by atoms with van der Waals surface area (Å²) in [5.41, 5.74) is 0. The molecule has 0 aliphatic carbocycles. The van der Waals surface area contributed by atoms with E-state index in [1.807, 2.05) is 6.92 Å². The number of rotatable bonds is 11. The highest BCUT2D eigenvalue weighted by molar-refractivity contribution is 6.74. The van der Waals surface area contributed by atoms with Crippen molar-refractivity contribution in [3.8, 4) is 0 Å². The van der Waals surface area contributed by atoms with E-state index in [0.29, 0.717) is 0 Å². The highest BCUT2D eigenvalue weighted by Gasteiger charge is 2.43. The lowest BCUT2D eigenvalue weighted by Crippen LogP contribution is -2.51. The Hall–Kier alpha value is 0.0238. The Balaban J connectivity index is 5.44. The van der Waals surface area contributed by atoms with Gasteiger partial charge in [-0.3, -0.25) is 0 Å². The molecule has 0 aliphatic rings. The fourth-order valence-corrected chi connectivity index (χ4v) is 7.52. The maximum Gasteiger partial charge on any atom is 0.192 e. The molecule has 0 unspecified atom stereocenters. The van der Waals surface area contributed by atoms with E-state index in [4.69, 9.17) is 8.85 Å². The molecule has 25 heavy (non-hydrogen) atoms. The van der Waals surface area contributed by atoms with Gasteiger partial charge in [0.05, 0.1) is 6.10 Å². The van der Waals surface area contributed by atoms with E-state index < -0.39 is 16.6 Å². The van der Waals surface area contributed by atoms with Crippen LogP contribution in [0.5, 0.6) is 0 Å². The zero-order valence-electron chi connectivity index (χ0n) is 18.7. The normalized spacial score (nSPS) is 18.5. The fourth-order valence-electron chi connectivity index (χ4n) is 3.06. The van der Waals surface area contributed by atoms with Gasteiger partial charge in [-0.25, -0.2) is 0 Å². The van der Waals surface area contributed by atoms with Gasteiger partial charge >= 0.3 is 0 Å². The molecule has 0 saturated heterocycles. The van der Waals surface area contributed by atoms with Crippen LogP contribution in [-0.2, 0) is 13.6 Å². The molecule has 0 radical (unpaired) electrons. The van der Waals surface area contributed by atoms with Gasteiger partial charge in [-0.1, -0.05) is 55.4 Å². The molecule has 0 fully saturated rings. The maximum absolute atomic E-state index is 11.6. The molecule has 150 valence electrons. The monoisotopic (exact) mass is 388 g/mol. The molecular weight excluding hydrogens is 344 g/mol. The van der Waals surface area contributed by atoms with E-state index in [2.05, 4.69) is 68.5 Å². The summed E-state index contributed by atoms with van der Waals surface area (Å²) in [7, 11) is -3.60. The van der Waals surface area contributed by atoms with E-state index in [1.54, 1.807) is 0 Å².